The van der Waals surface area contributed by atoms with Crippen molar-refractivity contribution in [2.75, 3.05) is 13.1 Å². The van der Waals surface area contributed by atoms with Gasteiger partial charge in [0.25, 0.3) is 0 Å². The standard InChI is InChI=1S/C29H51N11O7/c1-16(2)12-22(39-24(42)17(3)36-18(4)41)26(44)37-20(8-5-6-10-30)25(43)40-23(13-19-14-33-15-35-19)27(45)38-21(28(46)47)9-7-11-34-29(31)32/h14-17,20-23H,5-13,30H2,1-4H3,(H,33,35)(H,36,41)(H,37,44)(H,38,45)(H,39,42)(H,40,43)(H,46,47)(H4,31,32,34)/t17-,20-,21-,22-,23-/m0/s1. The van der Waals surface area contributed by atoms with Gasteiger partial charge in [-0.3, -0.25) is 29.0 Å². The van der Waals surface area contributed by atoms with Crippen molar-refractivity contribution in [2.45, 2.75) is 103 Å². The summed E-state index contributed by atoms with van der Waals surface area (Å²) in [4.78, 5) is 87.1. The molecule has 264 valence electrons. The zero-order chi connectivity index (χ0) is 35.5. The molecule has 0 bridgehead atoms. The smallest absolute Gasteiger partial charge is 0.326 e. The second-order valence-corrected chi connectivity index (χ2v) is 11.6. The maximum absolute atomic E-state index is 13.7. The highest BCUT2D eigenvalue weighted by Crippen LogP contribution is 2.10. The monoisotopic (exact) mass is 665 g/mol. The van der Waals surface area contributed by atoms with E-state index >= 15 is 0 Å². The normalized spacial score (nSPS) is 14.1. The molecule has 18 nitrogen and oxygen atoms in total. The Balaban J connectivity index is 3.20. The molecule has 1 aromatic rings. The molecule has 0 aliphatic rings. The Labute approximate surface area is 274 Å². The molecule has 0 unspecified atom stereocenters. The number of aliphatic carboxylic acids is 1. The lowest BCUT2D eigenvalue weighted by atomic mass is 10.0. The van der Waals surface area contributed by atoms with Gasteiger partial charge in [0.15, 0.2) is 5.96 Å². The number of aromatic nitrogens is 2. The molecule has 18 heteroatoms. The van der Waals surface area contributed by atoms with Gasteiger partial charge in [-0.1, -0.05) is 13.8 Å². The van der Waals surface area contributed by atoms with Crippen LogP contribution in [-0.2, 0) is 35.2 Å². The van der Waals surface area contributed by atoms with E-state index in [-0.39, 0.29) is 50.5 Å². The minimum atomic E-state index is -1.29. The highest BCUT2D eigenvalue weighted by molar-refractivity contribution is 5.96. The number of unbranched alkanes of at least 4 members (excludes halogenated alkanes) is 1. The second-order valence-electron chi connectivity index (χ2n) is 11.6. The minimum Gasteiger partial charge on any atom is -0.480 e. The van der Waals surface area contributed by atoms with E-state index < -0.39 is 65.7 Å². The third kappa shape index (κ3) is 16.4. The van der Waals surface area contributed by atoms with Gasteiger partial charge < -0.3 is 53.9 Å². The summed E-state index contributed by atoms with van der Waals surface area (Å²) < 4.78 is 0. The summed E-state index contributed by atoms with van der Waals surface area (Å²) >= 11 is 0. The Hall–Kier alpha value is -4.74. The van der Waals surface area contributed by atoms with Crippen molar-refractivity contribution in [1.82, 2.24) is 36.6 Å². The van der Waals surface area contributed by atoms with Gasteiger partial charge in [0.2, 0.25) is 29.5 Å². The SMILES string of the molecule is CC(=O)N[C@@H](C)C(=O)N[C@@H](CC(C)C)C(=O)N[C@@H](CCCCN)C(=O)N[C@@H](Cc1cnc[nH]1)C(=O)N[C@@H](CCCN=C(N)N)C(=O)O. The number of nitrogens with two attached hydrogens (primary N) is 3. The molecule has 5 atom stereocenters. The average Bonchev–Trinajstić information content (AvgIpc) is 3.49. The summed E-state index contributed by atoms with van der Waals surface area (Å²) in [6.45, 7) is 6.97. The van der Waals surface area contributed by atoms with E-state index in [2.05, 4.69) is 41.5 Å². The van der Waals surface area contributed by atoms with Crippen LogP contribution in [0.3, 0.4) is 0 Å². The van der Waals surface area contributed by atoms with Crippen molar-refractivity contribution in [2.24, 2.45) is 28.1 Å². The van der Waals surface area contributed by atoms with E-state index in [1.807, 2.05) is 13.8 Å². The number of carbonyl (C=O) groups is 6. The summed E-state index contributed by atoms with van der Waals surface area (Å²) in [7, 11) is 0. The van der Waals surface area contributed by atoms with Gasteiger partial charge in [0, 0.05) is 31.8 Å². The number of hydrogen-bond donors (Lipinski definition) is 10. The first kappa shape index (κ1) is 40.3. The van der Waals surface area contributed by atoms with Crippen LogP contribution in [0.25, 0.3) is 0 Å². The summed E-state index contributed by atoms with van der Waals surface area (Å²) in [5, 5.41) is 22.6. The second kappa shape index (κ2) is 21.1. The number of nitrogens with one attached hydrogen (secondary N) is 6. The predicted octanol–water partition coefficient (Wildman–Crippen LogP) is -2.27. The lowest BCUT2D eigenvalue weighted by molar-refractivity contribution is -0.142. The van der Waals surface area contributed by atoms with E-state index in [0.717, 1.165) is 0 Å². The van der Waals surface area contributed by atoms with E-state index in [4.69, 9.17) is 17.2 Å². The van der Waals surface area contributed by atoms with Crippen molar-refractivity contribution >= 4 is 41.5 Å². The molecule has 1 aromatic heterocycles. The van der Waals surface area contributed by atoms with Crippen LogP contribution < -0.4 is 43.8 Å². The van der Waals surface area contributed by atoms with Crippen molar-refractivity contribution in [1.29, 1.82) is 0 Å². The largest absolute Gasteiger partial charge is 0.480 e. The van der Waals surface area contributed by atoms with Crippen LogP contribution in [0.15, 0.2) is 17.5 Å². The summed E-state index contributed by atoms with van der Waals surface area (Å²) in [6, 6.07) is -5.59. The van der Waals surface area contributed by atoms with E-state index in [0.29, 0.717) is 25.1 Å². The lowest BCUT2D eigenvalue weighted by Gasteiger charge is -2.27. The van der Waals surface area contributed by atoms with Gasteiger partial charge in [-0.2, -0.15) is 0 Å². The minimum absolute atomic E-state index is 0.0177. The number of hydrogen-bond acceptors (Lipinski definition) is 9. The van der Waals surface area contributed by atoms with Gasteiger partial charge in [-0.25, -0.2) is 9.78 Å². The van der Waals surface area contributed by atoms with E-state index in [1.165, 1.54) is 26.4 Å². The molecule has 47 heavy (non-hydrogen) atoms. The molecule has 1 heterocycles. The van der Waals surface area contributed by atoms with Gasteiger partial charge in [0.05, 0.1) is 6.33 Å². The fourth-order valence-electron chi connectivity index (χ4n) is 4.54. The Morgan fingerprint density at radius 1 is 0.830 bits per heavy atom. The predicted molar refractivity (Wildman–Crippen MR) is 173 cm³/mol. The van der Waals surface area contributed by atoms with Gasteiger partial charge in [-0.15, -0.1) is 0 Å². The third-order valence-electron chi connectivity index (χ3n) is 6.90. The van der Waals surface area contributed by atoms with Crippen LogP contribution in [0.5, 0.6) is 0 Å². The van der Waals surface area contributed by atoms with Crippen LogP contribution in [0.2, 0.25) is 0 Å². The van der Waals surface area contributed by atoms with Crippen LogP contribution in [0.4, 0.5) is 0 Å². The number of nitrogens with zero attached hydrogens (tertiary/aromatic N) is 2. The fraction of sp³-hybridized carbons (Fsp3) is 0.655. The Morgan fingerprint density at radius 3 is 1.96 bits per heavy atom. The Morgan fingerprint density at radius 2 is 1.40 bits per heavy atom. The molecular weight excluding hydrogens is 614 g/mol. The highest BCUT2D eigenvalue weighted by atomic mass is 16.4. The van der Waals surface area contributed by atoms with Crippen molar-refractivity contribution in [3.8, 4) is 0 Å². The molecule has 5 amide bonds. The van der Waals surface area contributed by atoms with Crippen molar-refractivity contribution < 1.29 is 33.9 Å². The maximum atomic E-state index is 13.7. The fourth-order valence-corrected chi connectivity index (χ4v) is 4.54. The van der Waals surface area contributed by atoms with E-state index in [9.17, 15) is 33.9 Å². The zero-order valence-corrected chi connectivity index (χ0v) is 27.5. The van der Waals surface area contributed by atoms with Crippen molar-refractivity contribution in [3.63, 3.8) is 0 Å². The maximum Gasteiger partial charge on any atom is 0.326 e. The highest BCUT2D eigenvalue weighted by Gasteiger charge is 2.32. The van der Waals surface area contributed by atoms with Crippen LogP contribution in [0, 0.1) is 5.92 Å². The number of carboxylic acid groups (broad SMARTS) is 1. The van der Waals surface area contributed by atoms with Crippen LogP contribution in [-0.4, -0.2) is 99.8 Å². The Kier molecular flexibility index (Phi) is 18.1. The topological polar surface area (TPSA) is 302 Å². The number of amides is 5. The third-order valence-corrected chi connectivity index (χ3v) is 6.90. The molecule has 0 radical (unpaired) electrons. The summed E-state index contributed by atoms with van der Waals surface area (Å²) in [5.41, 5.74) is 16.7. The van der Waals surface area contributed by atoms with Gasteiger partial charge in [-0.05, 0) is 57.9 Å². The number of carboxylic acids is 1. The molecule has 13 N–H and O–H groups in total. The van der Waals surface area contributed by atoms with Gasteiger partial charge in [0.1, 0.15) is 30.2 Å². The summed E-state index contributed by atoms with van der Waals surface area (Å²) in [6.07, 6.45) is 4.49. The number of aliphatic imine (C=N–C) groups is 1. The molecule has 0 aromatic carbocycles. The molecule has 0 aliphatic heterocycles. The number of guanidine groups is 1. The molecule has 0 spiro atoms. The summed E-state index contributed by atoms with van der Waals surface area (Å²) in [5.74, 6) is -4.54. The first-order valence-corrected chi connectivity index (χ1v) is 15.6. The molecule has 0 aliphatic carbocycles. The zero-order valence-electron chi connectivity index (χ0n) is 27.5. The lowest BCUT2D eigenvalue weighted by Crippen LogP contribution is -2.59. The number of rotatable bonds is 22. The number of H-pyrrole nitrogens is 1. The molecule has 1 rings (SSSR count). The number of aromatic amines is 1. The number of carbonyl (C=O) groups excluding carboxylic acids is 5. The molecule has 0 fully saturated rings. The quantitative estimate of drug-likeness (QED) is 0.0358. The van der Waals surface area contributed by atoms with Gasteiger partial charge >= 0.3 is 5.97 Å². The molecule has 0 saturated carbocycles. The first-order chi connectivity index (χ1) is 22.1. The van der Waals surface area contributed by atoms with Crippen LogP contribution in [0.1, 0.15) is 71.9 Å². The average molecular weight is 666 g/mol. The Bertz CT molecular complexity index is 1200. The van der Waals surface area contributed by atoms with E-state index in [1.54, 1.807) is 0 Å². The van der Waals surface area contributed by atoms with Crippen LogP contribution >= 0.6 is 0 Å². The molecule has 0 saturated heterocycles. The van der Waals surface area contributed by atoms with Crippen molar-refractivity contribution in [3.05, 3.63) is 18.2 Å². The molecular formula is C29H51N11O7. The number of imidazole rings is 1. The first-order valence-electron chi connectivity index (χ1n) is 15.6.